The molecule has 0 saturated heterocycles. The number of methoxy groups -OCH3 is 2. The molecular formula is C26H29N3O4. The molecule has 0 fully saturated rings. The summed E-state index contributed by atoms with van der Waals surface area (Å²) in [7, 11) is 3.17. The fourth-order valence-corrected chi connectivity index (χ4v) is 4.64. The lowest BCUT2D eigenvalue weighted by molar-refractivity contribution is -0.117. The molecular weight excluding hydrogens is 418 g/mol. The molecule has 2 unspecified atom stereocenters. The van der Waals surface area contributed by atoms with E-state index in [1.807, 2.05) is 26.0 Å². The first kappa shape index (κ1) is 22.6. The number of nitrogens with zero attached hydrogens (tertiary/aromatic N) is 1. The fraction of sp³-hybridized carbons (Fsp3) is 0.346. The largest absolute Gasteiger partial charge is 0.497 e. The number of hydrogen-bond acceptors (Lipinski definition) is 6. The second kappa shape index (κ2) is 9.10. The molecule has 0 spiro atoms. The fourth-order valence-electron chi connectivity index (χ4n) is 4.64. The number of ether oxygens (including phenoxy) is 2. The van der Waals surface area contributed by atoms with E-state index in [1.165, 1.54) is 0 Å². The zero-order chi connectivity index (χ0) is 23.7. The number of rotatable bonds is 5. The summed E-state index contributed by atoms with van der Waals surface area (Å²) in [5.41, 5.74) is 4.37. The van der Waals surface area contributed by atoms with Gasteiger partial charge in [0.1, 0.15) is 17.3 Å². The van der Waals surface area contributed by atoms with Crippen LogP contribution in [0.2, 0.25) is 0 Å². The predicted molar refractivity (Wildman–Crippen MR) is 126 cm³/mol. The third kappa shape index (κ3) is 4.35. The van der Waals surface area contributed by atoms with Gasteiger partial charge in [0.05, 0.1) is 20.1 Å². The molecule has 172 valence electrons. The number of aromatic nitrogens is 1. The summed E-state index contributed by atoms with van der Waals surface area (Å²) in [5, 5.41) is 6.26. The minimum absolute atomic E-state index is 0.0392. The third-order valence-electron chi connectivity index (χ3n) is 6.18. The highest BCUT2D eigenvalue weighted by Crippen LogP contribution is 2.46. The molecule has 1 aliphatic carbocycles. The minimum atomic E-state index is -0.586. The van der Waals surface area contributed by atoms with E-state index in [0.29, 0.717) is 40.6 Å². The quantitative estimate of drug-likeness (QED) is 0.712. The van der Waals surface area contributed by atoms with Gasteiger partial charge >= 0.3 is 0 Å². The van der Waals surface area contributed by atoms with Crippen LogP contribution in [0.3, 0.4) is 0 Å². The van der Waals surface area contributed by atoms with Crippen LogP contribution in [-0.4, -0.2) is 30.9 Å². The molecule has 2 N–H and O–H groups in total. The average Bonchev–Trinajstić information content (AvgIpc) is 2.78. The molecule has 0 radical (unpaired) electrons. The Balaban J connectivity index is 1.86. The molecule has 2 heterocycles. The molecule has 2 aliphatic rings. The number of ketones is 1. The Bertz CT molecular complexity index is 1160. The smallest absolute Gasteiger partial charge is 0.255 e. The van der Waals surface area contributed by atoms with Crippen molar-refractivity contribution in [3.8, 4) is 11.5 Å². The van der Waals surface area contributed by atoms with Crippen LogP contribution in [0.15, 0.2) is 59.1 Å². The third-order valence-corrected chi connectivity index (χ3v) is 6.18. The first-order chi connectivity index (χ1) is 15.8. The maximum Gasteiger partial charge on any atom is 0.255 e. The molecule has 1 amide bonds. The van der Waals surface area contributed by atoms with Crippen LogP contribution >= 0.6 is 0 Å². The van der Waals surface area contributed by atoms with Crippen LogP contribution < -0.4 is 20.1 Å². The molecule has 2 atom stereocenters. The summed E-state index contributed by atoms with van der Waals surface area (Å²) in [4.78, 5) is 31.2. The summed E-state index contributed by atoms with van der Waals surface area (Å²) in [6, 6.07) is 9.10. The molecule has 1 aliphatic heterocycles. The maximum atomic E-state index is 13.6. The lowest BCUT2D eigenvalue weighted by Gasteiger charge is -2.36. The Morgan fingerprint density at radius 3 is 2.58 bits per heavy atom. The zero-order valence-electron chi connectivity index (χ0n) is 19.6. The second-order valence-corrected chi connectivity index (χ2v) is 8.71. The van der Waals surface area contributed by atoms with Crippen LogP contribution in [0.25, 0.3) is 0 Å². The van der Waals surface area contributed by atoms with Crippen LogP contribution in [0.1, 0.15) is 43.7 Å². The summed E-state index contributed by atoms with van der Waals surface area (Å²) in [5.74, 6) is 1.04. The molecule has 0 bridgehead atoms. The Morgan fingerprint density at radius 1 is 1.12 bits per heavy atom. The summed E-state index contributed by atoms with van der Waals surface area (Å²) in [6.45, 7) is 5.87. The van der Waals surface area contributed by atoms with Gasteiger partial charge in [0.15, 0.2) is 5.78 Å². The highest BCUT2D eigenvalue weighted by Gasteiger charge is 2.41. The molecule has 33 heavy (non-hydrogen) atoms. The number of dihydropyridines is 1. The summed E-state index contributed by atoms with van der Waals surface area (Å²) in [6.07, 6.45) is 2.89. The first-order valence-electron chi connectivity index (χ1n) is 11.0. The van der Waals surface area contributed by atoms with E-state index >= 15 is 0 Å². The van der Waals surface area contributed by atoms with Gasteiger partial charge in [-0.2, -0.15) is 0 Å². The number of amides is 1. The van der Waals surface area contributed by atoms with E-state index in [-0.39, 0.29) is 17.6 Å². The topological polar surface area (TPSA) is 89.6 Å². The summed E-state index contributed by atoms with van der Waals surface area (Å²) >= 11 is 0. The monoisotopic (exact) mass is 447 g/mol. The molecule has 0 saturated carbocycles. The van der Waals surface area contributed by atoms with Crippen molar-refractivity contribution in [2.45, 2.75) is 39.5 Å². The van der Waals surface area contributed by atoms with E-state index in [9.17, 15) is 9.59 Å². The van der Waals surface area contributed by atoms with Crippen molar-refractivity contribution in [2.24, 2.45) is 5.92 Å². The number of hydrogen-bond donors (Lipinski definition) is 2. The van der Waals surface area contributed by atoms with Crippen LogP contribution in [0.4, 0.5) is 5.82 Å². The Morgan fingerprint density at radius 2 is 1.91 bits per heavy atom. The Kier molecular flexibility index (Phi) is 6.22. The minimum Gasteiger partial charge on any atom is -0.497 e. The Labute approximate surface area is 193 Å². The van der Waals surface area contributed by atoms with Crippen molar-refractivity contribution in [1.29, 1.82) is 0 Å². The van der Waals surface area contributed by atoms with Gasteiger partial charge in [-0.3, -0.25) is 9.59 Å². The molecule has 7 heteroatoms. The van der Waals surface area contributed by atoms with Crippen molar-refractivity contribution < 1.29 is 19.1 Å². The highest BCUT2D eigenvalue weighted by molar-refractivity contribution is 6.09. The van der Waals surface area contributed by atoms with E-state index in [0.717, 1.165) is 23.2 Å². The van der Waals surface area contributed by atoms with Crippen molar-refractivity contribution in [3.05, 3.63) is 70.2 Å². The van der Waals surface area contributed by atoms with E-state index < -0.39 is 5.92 Å². The summed E-state index contributed by atoms with van der Waals surface area (Å²) < 4.78 is 11.1. The van der Waals surface area contributed by atoms with Gasteiger partial charge in [0.2, 0.25) is 0 Å². The van der Waals surface area contributed by atoms with Gasteiger partial charge < -0.3 is 20.1 Å². The van der Waals surface area contributed by atoms with Crippen LogP contribution in [0.5, 0.6) is 11.5 Å². The van der Waals surface area contributed by atoms with Crippen LogP contribution in [0, 0.1) is 12.8 Å². The maximum absolute atomic E-state index is 13.6. The van der Waals surface area contributed by atoms with Crippen LogP contribution in [-0.2, 0) is 9.59 Å². The SMILES string of the molecule is COc1ccc(OC)c(C2C(C(=O)Nc3ccc(C)cn3)=C(C)NC3=C2C(=O)CC(C)C3)c1. The highest BCUT2D eigenvalue weighted by atomic mass is 16.5. The van der Waals surface area contributed by atoms with Gasteiger partial charge in [-0.05, 0) is 56.0 Å². The molecule has 1 aromatic heterocycles. The Hall–Kier alpha value is -3.61. The van der Waals surface area contributed by atoms with Crippen molar-refractivity contribution in [2.75, 3.05) is 19.5 Å². The number of pyridine rings is 1. The number of aryl methyl sites for hydroxylation is 1. The first-order valence-corrected chi connectivity index (χ1v) is 11.0. The average molecular weight is 448 g/mol. The number of Topliss-reactive ketones (excluding diaryl/α,β-unsaturated/α-hetero) is 1. The molecule has 7 nitrogen and oxygen atoms in total. The van der Waals surface area contributed by atoms with E-state index in [4.69, 9.17) is 9.47 Å². The number of nitrogens with one attached hydrogen (secondary N) is 2. The zero-order valence-corrected chi connectivity index (χ0v) is 19.6. The number of benzene rings is 1. The van der Waals surface area contributed by atoms with Gasteiger partial charge in [0.25, 0.3) is 5.91 Å². The number of allylic oxidation sites excluding steroid dienone is 3. The normalized spacial score (nSPS) is 20.2. The van der Waals surface area contributed by atoms with Gasteiger partial charge in [-0.25, -0.2) is 4.98 Å². The van der Waals surface area contributed by atoms with E-state index in [1.54, 1.807) is 38.6 Å². The van der Waals surface area contributed by atoms with Crippen molar-refractivity contribution in [1.82, 2.24) is 10.3 Å². The van der Waals surface area contributed by atoms with Crippen molar-refractivity contribution in [3.63, 3.8) is 0 Å². The number of anilines is 1. The van der Waals surface area contributed by atoms with E-state index in [2.05, 4.69) is 22.5 Å². The predicted octanol–water partition coefficient (Wildman–Crippen LogP) is 4.26. The number of carbonyl (C=O) groups is 2. The lowest BCUT2D eigenvalue weighted by atomic mass is 9.72. The van der Waals surface area contributed by atoms with Crippen molar-refractivity contribution >= 4 is 17.5 Å². The molecule has 2 aromatic rings. The second-order valence-electron chi connectivity index (χ2n) is 8.71. The standard InChI is InChI=1S/C26H29N3O4/c1-14-6-9-22(27-13-14)29-26(31)23-16(3)28-19-10-15(2)11-20(30)25(19)24(23)18-12-17(32-4)7-8-21(18)33-5/h6-9,12-13,15,24,28H,10-11H2,1-5H3,(H,27,29,31). The van der Waals surface area contributed by atoms with Gasteiger partial charge in [0, 0.05) is 40.7 Å². The molecule has 1 aromatic carbocycles. The lowest BCUT2D eigenvalue weighted by Crippen LogP contribution is -2.37. The van der Waals surface area contributed by atoms with Gasteiger partial charge in [-0.15, -0.1) is 0 Å². The number of carbonyl (C=O) groups excluding carboxylic acids is 2. The molecule has 4 rings (SSSR count). The van der Waals surface area contributed by atoms with Gasteiger partial charge in [-0.1, -0.05) is 13.0 Å².